The van der Waals surface area contributed by atoms with Crippen molar-refractivity contribution in [2.45, 2.75) is 44.7 Å². The number of hydrogen-bond acceptors (Lipinski definition) is 7. The van der Waals surface area contributed by atoms with Crippen molar-refractivity contribution in [1.29, 1.82) is 5.41 Å². The fourth-order valence-corrected chi connectivity index (χ4v) is 7.41. The van der Waals surface area contributed by atoms with Crippen molar-refractivity contribution in [2.24, 2.45) is 18.4 Å². The number of sulfonamides is 1. The van der Waals surface area contributed by atoms with Crippen molar-refractivity contribution in [2.75, 3.05) is 31.5 Å². The summed E-state index contributed by atoms with van der Waals surface area (Å²) in [6.45, 7) is 8.78. The fourth-order valence-electron chi connectivity index (χ4n) is 6.09. The maximum atomic E-state index is 13.5. The maximum absolute atomic E-state index is 13.5. The highest BCUT2D eigenvalue weighted by molar-refractivity contribution is 7.89. The van der Waals surface area contributed by atoms with Gasteiger partial charge in [0.25, 0.3) is 10.0 Å². The summed E-state index contributed by atoms with van der Waals surface area (Å²) in [5.41, 5.74) is 4.49. The summed E-state index contributed by atoms with van der Waals surface area (Å²) in [7, 11) is -2.20. The van der Waals surface area contributed by atoms with Gasteiger partial charge >= 0.3 is 0 Å². The van der Waals surface area contributed by atoms with Crippen molar-refractivity contribution in [3.8, 4) is 0 Å². The number of nitrogens with zero attached hydrogens (tertiary/aromatic N) is 5. The van der Waals surface area contributed by atoms with Gasteiger partial charge in [-0.2, -0.15) is 14.2 Å². The molecule has 2 aliphatic rings. The highest BCUT2D eigenvalue weighted by Crippen LogP contribution is 2.46. The largest absolute Gasteiger partial charge is 0.355 e. The van der Waals surface area contributed by atoms with Gasteiger partial charge in [0, 0.05) is 62.4 Å². The summed E-state index contributed by atoms with van der Waals surface area (Å²) in [6, 6.07) is 9.89. The lowest BCUT2D eigenvalue weighted by Gasteiger charge is -2.48. The Bertz CT molecular complexity index is 1460. The first-order valence-electron chi connectivity index (χ1n) is 13.2. The highest BCUT2D eigenvalue weighted by atomic mass is 32.2. The van der Waals surface area contributed by atoms with Gasteiger partial charge in [-0.3, -0.25) is 4.90 Å². The van der Waals surface area contributed by atoms with E-state index in [1.54, 1.807) is 19.2 Å². The van der Waals surface area contributed by atoms with Crippen LogP contribution in [0, 0.1) is 29.5 Å². The third-order valence-electron chi connectivity index (χ3n) is 7.89. The molecule has 2 aromatic carbocycles. The number of anilines is 2. The van der Waals surface area contributed by atoms with Gasteiger partial charge in [0.2, 0.25) is 5.03 Å². The second-order valence-corrected chi connectivity index (χ2v) is 13.4. The normalized spacial score (nSPS) is 20.5. The molecule has 1 aromatic heterocycles. The molecule has 3 aromatic rings. The number of aromatic nitrogens is 3. The Labute approximate surface area is 229 Å². The first-order chi connectivity index (χ1) is 18.4. The van der Waals surface area contributed by atoms with Crippen LogP contribution in [-0.2, 0) is 17.1 Å². The fraction of sp³-hybridized carbons (Fsp3) is 0.464. The molecule has 0 radical (unpaired) electrons. The summed E-state index contributed by atoms with van der Waals surface area (Å²) >= 11 is 0. The Kier molecular flexibility index (Phi) is 7.34. The van der Waals surface area contributed by atoms with E-state index in [0.717, 1.165) is 41.9 Å². The molecule has 208 valence electrons. The lowest BCUT2D eigenvalue weighted by atomic mass is 9.64. The van der Waals surface area contributed by atoms with E-state index in [9.17, 15) is 12.8 Å². The zero-order valence-corrected chi connectivity index (χ0v) is 23.7. The molecule has 1 aliphatic heterocycles. The summed E-state index contributed by atoms with van der Waals surface area (Å²) in [4.78, 5) is 3.66. The molecule has 1 saturated carbocycles. The van der Waals surface area contributed by atoms with Crippen molar-refractivity contribution in [3.05, 3.63) is 65.1 Å². The van der Waals surface area contributed by atoms with E-state index in [0.29, 0.717) is 30.0 Å². The Morgan fingerprint density at radius 3 is 2.51 bits per heavy atom. The Balaban J connectivity index is 1.47. The molecule has 0 amide bonds. The van der Waals surface area contributed by atoms with Gasteiger partial charge in [0.15, 0.2) is 0 Å². The molecule has 39 heavy (non-hydrogen) atoms. The monoisotopic (exact) mass is 553 g/mol. The average molecular weight is 554 g/mol. The quantitative estimate of drug-likeness (QED) is 0.398. The molecule has 5 rings (SSSR count). The van der Waals surface area contributed by atoms with Crippen LogP contribution in [0.15, 0.2) is 47.6 Å². The van der Waals surface area contributed by atoms with E-state index >= 15 is 0 Å². The molecule has 11 heteroatoms. The van der Waals surface area contributed by atoms with Gasteiger partial charge in [-0.25, -0.2) is 12.8 Å². The predicted octanol–water partition coefficient (Wildman–Crippen LogP) is 4.49. The Morgan fingerprint density at radius 1 is 1.18 bits per heavy atom. The smallest absolute Gasteiger partial charge is 0.264 e. The third-order valence-corrected chi connectivity index (χ3v) is 9.62. The molecule has 2 heterocycles. The molecule has 1 atom stereocenters. The molecule has 0 spiro atoms. The minimum atomic E-state index is -3.80. The molecule has 0 bridgehead atoms. The van der Waals surface area contributed by atoms with Gasteiger partial charge in [-0.15, -0.1) is 5.10 Å². The van der Waals surface area contributed by atoms with Gasteiger partial charge in [-0.1, -0.05) is 13.8 Å². The van der Waals surface area contributed by atoms with E-state index in [1.807, 2.05) is 19.1 Å². The second-order valence-electron chi connectivity index (χ2n) is 11.6. The van der Waals surface area contributed by atoms with Crippen LogP contribution in [0.25, 0.3) is 0 Å². The van der Waals surface area contributed by atoms with Crippen LogP contribution in [0.3, 0.4) is 0 Å². The van der Waals surface area contributed by atoms with E-state index < -0.39 is 10.0 Å². The maximum Gasteiger partial charge on any atom is 0.264 e. The molecule has 2 fully saturated rings. The first kappa shape index (κ1) is 27.4. The van der Waals surface area contributed by atoms with Crippen molar-refractivity contribution in [3.63, 3.8) is 0 Å². The van der Waals surface area contributed by atoms with E-state index in [1.165, 1.54) is 33.6 Å². The lowest BCUT2D eigenvalue weighted by Crippen LogP contribution is -2.53. The summed E-state index contributed by atoms with van der Waals surface area (Å²) in [5, 5.41) is 19.4. The van der Waals surface area contributed by atoms with Crippen molar-refractivity contribution in [1.82, 2.24) is 24.2 Å². The second kappa shape index (κ2) is 10.4. The van der Waals surface area contributed by atoms with Crippen LogP contribution in [-0.4, -0.2) is 65.0 Å². The van der Waals surface area contributed by atoms with Gasteiger partial charge in [-0.05, 0) is 78.6 Å². The van der Waals surface area contributed by atoms with E-state index in [-0.39, 0.29) is 23.4 Å². The summed E-state index contributed by atoms with van der Waals surface area (Å²) in [6.07, 6.45) is 4.90. The number of halogens is 1. The minimum absolute atomic E-state index is 0.0475. The molecule has 2 N–H and O–H groups in total. The minimum Gasteiger partial charge on any atom is -0.355 e. The van der Waals surface area contributed by atoms with Crippen LogP contribution in [0.5, 0.6) is 0 Å². The Morgan fingerprint density at radius 2 is 1.90 bits per heavy atom. The first-order valence-corrected chi connectivity index (χ1v) is 14.7. The van der Waals surface area contributed by atoms with Crippen molar-refractivity contribution < 1.29 is 12.8 Å². The van der Waals surface area contributed by atoms with Crippen LogP contribution in [0.1, 0.15) is 49.4 Å². The van der Waals surface area contributed by atoms with Crippen molar-refractivity contribution >= 4 is 27.6 Å². The molecule has 9 nitrogen and oxygen atoms in total. The number of nitrogens with one attached hydrogen (secondary N) is 2. The lowest BCUT2D eigenvalue weighted by molar-refractivity contribution is 0.0267. The summed E-state index contributed by atoms with van der Waals surface area (Å²) < 4.78 is 41.8. The molecule has 0 unspecified atom stereocenters. The highest BCUT2D eigenvalue weighted by Gasteiger charge is 2.41. The molecule has 1 saturated heterocycles. The van der Waals surface area contributed by atoms with Gasteiger partial charge in [0.05, 0.1) is 6.20 Å². The number of rotatable bonds is 8. The van der Waals surface area contributed by atoms with E-state index in [2.05, 4.69) is 34.3 Å². The van der Waals surface area contributed by atoms with E-state index in [4.69, 9.17) is 5.41 Å². The molecule has 1 aliphatic carbocycles. The van der Waals surface area contributed by atoms with Crippen LogP contribution in [0.2, 0.25) is 0 Å². The van der Waals surface area contributed by atoms with Crippen LogP contribution in [0.4, 0.5) is 15.8 Å². The van der Waals surface area contributed by atoms with Crippen LogP contribution < -0.4 is 5.32 Å². The standard InChI is InChI=1S/C28H36FN7O2S/c1-19-11-25(32-23-7-5-22(29)6-8-23)21(15-30)12-24(19)26-18-36(39(37,38)27-16-31-34(4)33-27)10-9-35(26)17-20-13-28(2,3)14-20/h5-8,11-12,15-16,20,26,30,32H,9-10,13-14,17-18H2,1-4H3/t26-/m0/s1. The molecular formula is C28H36FN7O2S. The number of hydrogen-bond donors (Lipinski definition) is 2. The van der Waals surface area contributed by atoms with Gasteiger partial charge < -0.3 is 10.7 Å². The van der Waals surface area contributed by atoms with Gasteiger partial charge in [0.1, 0.15) is 5.82 Å². The SMILES string of the molecule is Cc1cc(Nc2ccc(F)cc2)c(C=N)cc1[C@@H]1CN(S(=O)(=O)c2cnn(C)n2)CCN1CC1CC(C)(C)C1. The third kappa shape index (κ3) is 5.75. The zero-order valence-electron chi connectivity index (χ0n) is 22.9. The number of benzene rings is 2. The van der Waals surface area contributed by atoms with Crippen LogP contribution >= 0.6 is 0 Å². The number of piperazine rings is 1. The zero-order chi connectivity index (χ0) is 27.9. The molecular weight excluding hydrogens is 517 g/mol. The predicted molar refractivity (Wildman–Crippen MR) is 149 cm³/mol. The average Bonchev–Trinajstić information content (AvgIpc) is 3.32. The number of aryl methyl sites for hydroxylation is 2. The topological polar surface area (TPSA) is 107 Å². The summed E-state index contributed by atoms with van der Waals surface area (Å²) in [5.74, 6) is 0.264. The Hall–Kier alpha value is -3.15.